The summed E-state index contributed by atoms with van der Waals surface area (Å²) in [5.41, 5.74) is 2.48. The maximum atomic E-state index is 5.14. The predicted molar refractivity (Wildman–Crippen MR) is 83.3 cm³/mol. The summed E-state index contributed by atoms with van der Waals surface area (Å²) in [6, 6.07) is 8.12. The quantitative estimate of drug-likeness (QED) is 0.853. The third-order valence-electron chi connectivity index (χ3n) is 2.96. The van der Waals surface area contributed by atoms with Crippen molar-refractivity contribution in [3.8, 4) is 5.75 Å². The number of rotatable bonds is 7. The van der Waals surface area contributed by atoms with Crippen molar-refractivity contribution in [1.82, 2.24) is 15.1 Å². The minimum Gasteiger partial charge on any atom is -0.497 e. The molecule has 0 saturated heterocycles. The lowest BCUT2D eigenvalue weighted by Gasteiger charge is -2.04. The van der Waals surface area contributed by atoms with E-state index in [4.69, 9.17) is 4.74 Å². The van der Waals surface area contributed by atoms with Crippen molar-refractivity contribution in [2.75, 3.05) is 7.11 Å². The molecule has 5 heteroatoms. The highest BCUT2D eigenvalue weighted by atomic mass is 35.5. The van der Waals surface area contributed by atoms with Gasteiger partial charge in [0.2, 0.25) is 0 Å². The minimum absolute atomic E-state index is 0. The lowest BCUT2D eigenvalue weighted by Crippen LogP contribution is -2.12. The zero-order valence-corrected chi connectivity index (χ0v) is 12.8. The van der Waals surface area contributed by atoms with Gasteiger partial charge in [-0.2, -0.15) is 5.10 Å². The number of halogens is 1. The fourth-order valence-electron chi connectivity index (χ4n) is 1.94. The summed E-state index contributed by atoms with van der Waals surface area (Å²) in [6.07, 6.45) is 5.14. The molecule has 0 saturated carbocycles. The van der Waals surface area contributed by atoms with E-state index in [0.717, 1.165) is 31.8 Å². The number of nitrogens with zero attached hydrogens (tertiary/aromatic N) is 2. The van der Waals surface area contributed by atoms with Crippen LogP contribution in [0.15, 0.2) is 36.7 Å². The first-order valence-electron chi connectivity index (χ1n) is 6.67. The van der Waals surface area contributed by atoms with Crippen LogP contribution >= 0.6 is 12.4 Å². The molecule has 20 heavy (non-hydrogen) atoms. The van der Waals surface area contributed by atoms with Crippen LogP contribution in [0.3, 0.4) is 0 Å². The normalized spacial score (nSPS) is 10.1. The lowest BCUT2D eigenvalue weighted by molar-refractivity contribution is 0.414. The van der Waals surface area contributed by atoms with Crippen LogP contribution in [0.1, 0.15) is 24.5 Å². The van der Waals surface area contributed by atoms with Crippen molar-refractivity contribution in [1.29, 1.82) is 0 Å². The van der Waals surface area contributed by atoms with Gasteiger partial charge in [0.25, 0.3) is 0 Å². The largest absolute Gasteiger partial charge is 0.497 e. The van der Waals surface area contributed by atoms with Gasteiger partial charge in [0.05, 0.1) is 13.3 Å². The highest BCUT2D eigenvalue weighted by Crippen LogP contribution is 2.11. The second kappa shape index (κ2) is 8.61. The van der Waals surface area contributed by atoms with Gasteiger partial charge in [0.1, 0.15) is 5.75 Å². The fraction of sp³-hybridized carbons (Fsp3) is 0.400. The van der Waals surface area contributed by atoms with Crippen molar-refractivity contribution in [3.63, 3.8) is 0 Å². The van der Waals surface area contributed by atoms with E-state index in [2.05, 4.69) is 35.7 Å². The van der Waals surface area contributed by atoms with Crippen molar-refractivity contribution in [3.05, 3.63) is 47.8 Å². The smallest absolute Gasteiger partial charge is 0.118 e. The molecule has 0 amide bonds. The van der Waals surface area contributed by atoms with Gasteiger partial charge in [-0.05, 0) is 24.1 Å². The van der Waals surface area contributed by atoms with Gasteiger partial charge in [-0.25, -0.2) is 0 Å². The van der Waals surface area contributed by atoms with Crippen LogP contribution in [0.5, 0.6) is 5.75 Å². The van der Waals surface area contributed by atoms with Gasteiger partial charge < -0.3 is 10.1 Å². The zero-order chi connectivity index (χ0) is 13.5. The van der Waals surface area contributed by atoms with E-state index < -0.39 is 0 Å². The molecular weight excluding hydrogens is 274 g/mol. The topological polar surface area (TPSA) is 39.1 Å². The summed E-state index contributed by atoms with van der Waals surface area (Å²) in [7, 11) is 1.68. The second-order valence-corrected chi connectivity index (χ2v) is 4.56. The number of ether oxygens (including phenoxy) is 1. The number of hydrogen-bond acceptors (Lipinski definition) is 3. The second-order valence-electron chi connectivity index (χ2n) is 4.56. The van der Waals surface area contributed by atoms with Crippen LogP contribution in [-0.2, 0) is 19.6 Å². The molecule has 0 bridgehead atoms. The Morgan fingerprint density at radius 3 is 2.50 bits per heavy atom. The van der Waals surface area contributed by atoms with E-state index in [0.29, 0.717) is 0 Å². The standard InChI is InChI=1S/C15H21N3O.ClH/c1-3-8-18-12-14(11-17-18)10-16-9-13-4-6-15(19-2)7-5-13;/h4-7,11-12,16H,3,8-10H2,1-2H3;1H. The Labute approximate surface area is 126 Å². The van der Waals surface area contributed by atoms with Crippen LogP contribution < -0.4 is 10.1 Å². The predicted octanol–water partition coefficient (Wildman–Crippen LogP) is 3.01. The Bertz CT molecular complexity index is 496. The van der Waals surface area contributed by atoms with Crippen LogP contribution in [-0.4, -0.2) is 16.9 Å². The van der Waals surface area contributed by atoms with Gasteiger partial charge in [0.15, 0.2) is 0 Å². The van der Waals surface area contributed by atoms with E-state index in [1.807, 2.05) is 23.0 Å². The molecule has 1 aromatic heterocycles. The molecule has 1 heterocycles. The number of nitrogens with one attached hydrogen (secondary N) is 1. The highest BCUT2D eigenvalue weighted by molar-refractivity contribution is 5.85. The number of hydrogen-bond donors (Lipinski definition) is 1. The molecule has 0 aliphatic carbocycles. The number of methoxy groups -OCH3 is 1. The summed E-state index contributed by atoms with van der Waals surface area (Å²) >= 11 is 0. The van der Waals surface area contributed by atoms with E-state index in [1.54, 1.807) is 7.11 Å². The Morgan fingerprint density at radius 2 is 1.85 bits per heavy atom. The molecule has 0 aliphatic heterocycles. The first-order valence-corrected chi connectivity index (χ1v) is 6.67. The Hall–Kier alpha value is -1.52. The molecule has 2 aromatic rings. The average Bonchev–Trinajstić information content (AvgIpc) is 2.88. The Morgan fingerprint density at radius 1 is 1.15 bits per heavy atom. The highest BCUT2D eigenvalue weighted by Gasteiger charge is 1.98. The first kappa shape index (κ1) is 16.5. The van der Waals surface area contributed by atoms with Crippen molar-refractivity contribution in [2.24, 2.45) is 0 Å². The molecule has 0 radical (unpaired) electrons. The molecule has 0 atom stereocenters. The molecule has 0 unspecified atom stereocenters. The number of benzene rings is 1. The van der Waals surface area contributed by atoms with Gasteiger partial charge in [-0.15, -0.1) is 12.4 Å². The first-order chi connectivity index (χ1) is 9.31. The molecule has 110 valence electrons. The third-order valence-corrected chi connectivity index (χ3v) is 2.96. The van der Waals surface area contributed by atoms with Crippen LogP contribution in [0.25, 0.3) is 0 Å². The maximum absolute atomic E-state index is 5.14. The third kappa shape index (κ3) is 4.87. The molecule has 4 nitrogen and oxygen atoms in total. The molecule has 0 fully saturated rings. The molecule has 1 N–H and O–H groups in total. The number of aryl methyl sites for hydroxylation is 1. The van der Waals surface area contributed by atoms with Crippen molar-refractivity contribution >= 4 is 12.4 Å². The summed E-state index contributed by atoms with van der Waals surface area (Å²) < 4.78 is 7.13. The van der Waals surface area contributed by atoms with Crippen molar-refractivity contribution < 1.29 is 4.74 Å². The van der Waals surface area contributed by atoms with Crippen LogP contribution in [0.2, 0.25) is 0 Å². The molecular formula is C15H22ClN3O. The fourth-order valence-corrected chi connectivity index (χ4v) is 1.94. The van der Waals surface area contributed by atoms with Crippen molar-refractivity contribution in [2.45, 2.75) is 33.0 Å². The van der Waals surface area contributed by atoms with Gasteiger partial charge in [-0.1, -0.05) is 19.1 Å². The lowest BCUT2D eigenvalue weighted by atomic mass is 10.2. The molecule has 0 aliphatic rings. The Kier molecular flexibility index (Phi) is 7.12. The van der Waals surface area contributed by atoms with Crippen LogP contribution in [0.4, 0.5) is 0 Å². The van der Waals surface area contributed by atoms with E-state index in [9.17, 15) is 0 Å². The average molecular weight is 296 g/mol. The zero-order valence-electron chi connectivity index (χ0n) is 12.0. The van der Waals surface area contributed by atoms with Gasteiger partial charge in [-0.3, -0.25) is 4.68 Å². The summed E-state index contributed by atoms with van der Waals surface area (Å²) in [4.78, 5) is 0. The van der Waals surface area contributed by atoms with E-state index in [-0.39, 0.29) is 12.4 Å². The monoisotopic (exact) mass is 295 g/mol. The summed E-state index contributed by atoms with van der Waals surface area (Å²) in [6.45, 7) is 4.83. The van der Waals surface area contributed by atoms with Crippen LogP contribution in [0, 0.1) is 0 Å². The van der Waals surface area contributed by atoms with E-state index in [1.165, 1.54) is 11.1 Å². The number of aromatic nitrogens is 2. The van der Waals surface area contributed by atoms with E-state index >= 15 is 0 Å². The van der Waals surface area contributed by atoms with Gasteiger partial charge >= 0.3 is 0 Å². The molecule has 2 rings (SSSR count). The summed E-state index contributed by atoms with van der Waals surface area (Å²) in [5, 5.41) is 7.73. The molecule has 1 aromatic carbocycles. The Balaban J connectivity index is 0.00000200. The van der Waals surface area contributed by atoms with Gasteiger partial charge in [0, 0.05) is 31.4 Å². The minimum atomic E-state index is 0. The maximum Gasteiger partial charge on any atom is 0.118 e. The SMILES string of the molecule is CCCn1cc(CNCc2ccc(OC)cc2)cn1.Cl. The molecule has 0 spiro atoms. The summed E-state index contributed by atoms with van der Waals surface area (Å²) in [5.74, 6) is 0.893.